The molecule has 1 aliphatic carbocycles. The molecular formula is C12H9FO2. The highest BCUT2D eigenvalue weighted by Gasteiger charge is 2.10. The summed E-state index contributed by atoms with van der Waals surface area (Å²) in [6, 6.07) is 6.18. The fraction of sp³-hybridized carbons (Fsp3) is 0.0833. The van der Waals surface area contributed by atoms with Crippen molar-refractivity contribution in [2.24, 2.45) is 0 Å². The van der Waals surface area contributed by atoms with E-state index in [4.69, 9.17) is 5.26 Å². The molecule has 0 unspecified atom stereocenters. The molecule has 3 heteroatoms. The molecule has 1 N–H and O–H groups in total. The Morgan fingerprint density at radius 3 is 2.67 bits per heavy atom. The van der Waals surface area contributed by atoms with E-state index in [1.54, 1.807) is 24.3 Å². The molecular weight excluding hydrogens is 195 g/mol. The lowest BCUT2D eigenvalue weighted by molar-refractivity contribution is -0.199. The summed E-state index contributed by atoms with van der Waals surface area (Å²) in [6.45, 7) is 0. The van der Waals surface area contributed by atoms with Gasteiger partial charge in [-0.2, -0.15) is 0 Å². The van der Waals surface area contributed by atoms with Crippen molar-refractivity contribution in [2.75, 3.05) is 0 Å². The summed E-state index contributed by atoms with van der Waals surface area (Å²) in [7, 11) is 0. The van der Waals surface area contributed by atoms with Crippen LogP contribution in [0.15, 0.2) is 53.5 Å². The van der Waals surface area contributed by atoms with E-state index in [0.29, 0.717) is 12.2 Å². The molecule has 0 saturated carbocycles. The molecule has 0 spiro atoms. The SMILES string of the molecule is OOC1=CC=C=C1Cc1ccc(F)cc1. The normalized spacial score (nSPS) is 13.7. The molecule has 0 radical (unpaired) electrons. The van der Waals surface area contributed by atoms with Crippen molar-refractivity contribution in [3.63, 3.8) is 0 Å². The Hall–Kier alpha value is -1.83. The Balaban J connectivity index is 2.13. The highest BCUT2D eigenvalue weighted by Crippen LogP contribution is 2.19. The van der Waals surface area contributed by atoms with Gasteiger partial charge < -0.3 is 4.89 Å². The first-order chi connectivity index (χ1) is 7.29. The van der Waals surface area contributed by atoms with Crippen LogP contribution in [0, 0.1) is 5.82 Å². The first kappa shape index (κ1) is 9.71. The Kier molecular flexibility index (Phi) is 2.68. The zero-order valence-corrected chi connectivity index (χ0v) is 7.90. The summed E-state index contributed by atoms with van der Waals surface area (Å²) in [5.74, 6) is 0.128. The summed E-state index contributed by atoms with van der Waals surface area (Å²) in [5.41, 5.74) is 4.64. The van der Waals surface area contributed by atoms with Crippen molar-refractivity contribution in [2.45, 2.75) is 6.42 Å². The third-order valence-electron chi connectivity index (χ3n) is 2.18. The third-order valence-corrected chi connectivity index (χ3v) is 2.18. The maximum absolute atomic E-state index is 12.6. The minimum Gasteiger partial charge on any atom is -0.339 e. The minimum absolute atomic E-state index is 0.260. The highest BCUT2D eigenvalue weighted by atomic mass is 19.1. The van der Waals surface area contributed by atoms with Gasteiger partial charge in [0.25, 0.3) is 0 Å². The molecule has 0 aliphatic heterocycles. The van der Waals surface area contributed by atoms with Crippen LogP contribution >= 0.6 is 0 Å². The van der Waals surface area contributed by atoms with E-state index in [9.17, 15) is 4.39 Å². The van der Waals surface area contributed by atoms with Gasteiger partial charge in [-0.15, -0.1) is 5.73 Å². The van der Waals surface area contributed by atoms with E-state index in [1.165, 1.54) is 12.1 Å². The largest absolute Gasteiger partial charge is 0.339 e. The van der Waals surface area contributed by atoms with Gasteiger partial charge in [-0.1, -0.05) is 12.1 Å². The minimum atomic E-state index is -0.260. The summed E-state index contributed by atoms with van der Waals surface area (Å²) in [6.07, 6.45) is 3.85. The van der Waals surface area contributed by atoms with Gasteiger partial charge in [-0.3, -0.25) is 0 Å². The zero-order valence-electron chi connectivity index (χ0n) is 7.90. The summed E-state index contributed by atoms with van der Waals surface area (Å²) in [5, 5.41) is 8.55. The average Bonchev–Trinajstić information content (AvgIpc) is 2.69. The maximum Gasteiger partial charge on any atom is 0.176 e. The van der Waals surface area contributed by atoms with E-state index < -0.39 is 0 Å². The van der Waals surface area contributed by atoms with Gasteiger partial charge in [0, 0.05) is 12.0 Å². The summed E-state index contributed by atoms with van der Waals surface area (Å²) in [4.78, 5) is 4.18. The first-order valence-corrected chi connectivity index (χ1v) is 4.51. The standard InChI is InChI=1S/C12H9FO2/c13-11-6-4-9(5-7-11)8-10-2-1-3-12(10)15-14/h1,3-7,14H,8H2. The molecule has 0 aromatic heterocycles. The second-order valence-electron chi connectivity index (χ2n) is 3.22. The van der Waals surface area contributed by atoms with Gasteiger partial charge in [-0.25, -0.2) is 9.65 Å². The number of hydrogen-bond donors (Lipinski definition) is 1. The van der Waals surface area contributed by atoms with Crippen LogP contribution in [0.1, 0.15) is 5.56 Å². The molecule has 0 saturated heterocycles. The fourth-order valence-corrected chi connectivity index (χ4v) is 1.42. The zero-order chi connectivity index (χ0) is 10.7. The molecule has 0 heterocycles. The predicted molar refractivity (Wildman–Crippen MR) is 53.5 cm³/mol. The Labute approximate surface area is 86.5 Å². The Bertz CT molecular complexity index is 451. The predicted octanol–water partition coefficient (Wildman–Crippen LogP) is 2.84. The topological polar surface area (TPSA) is 29.5 Å². The number of benzene rings is 1. The first-order valence-electron chi connectivity index (χ1n) is 4.51. The second kappa shape index (κ2) is 4.13. The van der Waals surface area contributed by atoms with E-state index in [0.717, 1.165) is 11.1 Å². The van der Waals surface area contributed by atoms with Crippen molar-refractivity contribution < 1.29 is 14.5 Å². The van der Waals surface area contributed by atoms with E-state index >= 15 is 0 Å². The van der Waals surface area contributed by atoms with Gasteiger partial charge in [0.1, 0.15) is 5.82 Å². The molecule has 2 nitrogen and oxygen atoms in total. The lowest BCUT2D eigenvalue weighted by atomic mass is 10.1. The number of hydrogen-bond acceptors (Lipinski definition) is 2. The van der Waals surface area contributed by atoms with Crippen molar-refractivity contribution >= 4 is 0 Å². The van der Waals surface area contributed by atoms with Gasteiger partial charge in [0.05, 0.1) is 0 Å². The van der Waals surface area contributed by atoms with Crippen molar-refractivity contribution in [3.8, 4) is 0 Å². The highest BCUT2D eigenvalue weighted by molar-refractivity contribution is 5.38. The summed E-state index contributed by atoms with van der Waals surface area (Å²) >= 11 is 0. The van der Waals surface area contributed by atoms with Crippen LogP contribution in [0.25, 0.3) is 0 Å². The van der Waals surface area contributed by atoms with E-state index in [-0.39, 0.29) is 5.82 Å². The smallest absolute Gasteiger partial charge is 0.176 e. The van der Waals surface area contributed by atoms with E-state index in [2.05, 4.69) is 10.6 Å². The molecule has 1 aliphatic rings. The molecule has 0 fully saturated rings. The quantitative estimate of drug-likeness (QED) is 0.466. The Morgan fingerprint density at radius 1 is 1.27 bits per heavy atom. The van der Waals surface area contributed by atoms with Gasteiger partial charge >= 0.3 is 0 Å². The number of rotatable bonds is 3. The maximum atomic E-state index is 12.6. The lowest BCUT2D eigenvalue weighted by Crippen LogP contribution is -1.94. The van der Waals surface area contributed by atoms with Crippen LogP contribution in [0.4, 0.5) is 4.39 Å². The molecule has 15 heavy (non-hydrogen) atoms. The summed E-state index contributed by atoms with van der Waals surface area (Å²) < 4.78 is 12.6. The monoisotopic (exact) mass is 204 g/mol. The van der Waals surface area contributed by atoms with E-state index in [1.807, 2.05) is 0 Å². The van der Waals surface area contributed by atoms with Crippen LogP contribution in [0.2, 0.25) is 0 Å². The molecule has 0 amide bonds. The van der Waals surface area contributed by atoms with Gasteiger partial charge in [-0.05, 0) is 29.8 Å². The van der Waals surface area contributed by atoms with Crippen molar-refractivity contribution in [1.82, 2.24) is 0 Å². The number of halogens is 1. The lowest BCUT2D eigenvalue weighted by Gasteiger charge is -2.04. The van der Waals surface area contributed by atoms with Crippen LogP contribution in [0.5, 0.6) is 0 Å². The molecule has 76 valence electrons. The van der Waals surface area contributed by atoms with Crippen molar-refractivity contribution in [3.05, 3.63) is 64.9 Å². The molecule has 0 bridgehead atoms. The third kappa shape index (κ3) is 2.15. The average molecular weight is 204 g/mol. The fourth-order valence-electron chi connectivity index (χ4n) is 1.42. The molecule has 1 aromatic carbocycles. The number of allylic oxidation sites excluding steroid dienone is 2. The van der Waals surface area contributed by atoms with Crippen LogP contribution in [-0.2, 0) is 11.3 Å². The van der Waals surface area contributed by atoms with Crippen LogP contribution in [-0.4, -0.2) is 5.26 Å². The van der Waals surface area contributed by atoms with Crippen LogP contribution in [0.3, 0.4) is 0 Å². The van der Waals surface area contributed by atoms with Gasteiger partial charge in [0.15, 0.2) is 5.76 Å². The second-order valence-corrected chi connectivity index (χ2v) is 3.22. The van der Waals surface area contributed by atoms with Gasteiger partial charge in [0.2, 0.25) is 0 Å². The molecule has 2 rings (SSSR count). The van der Waals surface area contributed by atoms with Crippen LogP contribution < -0.4 is 0 Å². The molecule has 0 atom stereocenters. The molecule has 1 aromatic rings. The Morgan fingerprint density at radius 2 is 2.00 bits per heavy atom. The van der Waals surface area contributed by atoms with Crippen molar-refractivity contribution in [1.29, 1.82) is 0 Å².